The zero-order valence-electron chi connectivity index (χ0n) is 8.42. The van der Waals surface area contributed by atoms with Crippen molar-refractivity contribution in [3.8, 4) is 11.8 Å². The third-order valence-corrected chi connectivity index (χ3v) is 1.48. The molecular formula is C13H18. The zero-order valence-corrected chi connectivity index (χ0v) is 8.42. The Bertz CT molecular complexity index is 220. The van der Waals surface area contributed by atoms with Crippen LogP contribution in [0.15, 0.2) is 37.0 Å². The molecule has 0 aromatic heterocycles. The van der Waals surface area contributed by atoms with Gasteiger partial charge >= 0.3 is 0 Å². The highest BCUT2D eigenvalue weighted by Gasteiger charge is 1.78. The van der Waals surface area contributed by atoms with E-state index in [-0.39, 0.29) is 0 Å². The summed E-state index contributed by atoms with van der Waals surface area (Å²) in [5, 5.41) is 0. The number of hydrogen-bond acceptors (Lipinski definition) is 0. The highest BCUT2D eigenvalue weighted by molar-refractivity contribution is 5.04. The molecule has 0 heterocycles. The smallest absolute Gasteiger partial charge is 0.0267 e. The Balaban J connectivity index is 3.27. The zero-order chi connectivity index (χ0) is 9.78. The molecule has 0 bridgehead atoms. The fourth-order valence-electron chi connectivity index (χ4n) is 0.827. The fourth-order valence-corrected chi connectivity index (χ4v) is 0.827. The van der Waals surface area contributed by atoms with E-state index in [0.29, 0.717) is 0 Å². The second-order valence-corrected chi connectivity index (χ2v) is 2.69. The molecule has 0 radical (unpaired) electrons. The van der Waals surface area contributed by atoms with Gasteiger partial charge < -0.3 is 0 Å². The summed E-state index contributed by atoms with van der Waals surface area (Å²) in [5.74, 6) is 6.14. The van der Waals surface area contributed by atoms with Crippen LogP contribution in [-0.2, 0) is 0 Å². The van der Waals surface area contributed by atoms with Crippen molar-refractivity contribution in [2.75, 3.05) is 0 Å². The van der Waals surface area contributed by atoms with Crippen molar-refractivity contribution in [1.29, 1.82) is 0 Å². The van der Waals surface area contributed by atoms with Crippen molar-refractivity contribution in [3.05, 3.63) is 37.0 Å². The van der Waals surface area contributed by atoms with Crippen LogP contribution in [-0.4, -0.2) is 0 Å². The molecule has 0 aliphatic carbocycles. The van der Waals surface area contributed by atoms with Gasteiger partial charge in [-0.3, -0.25) is 0 Å². The van der Waals surface area contributed by atoms with Crippen molar-refractivity contribution in [3.63, 3.8) is 0 Å². The molecule has 0 saturated carbocycles. The van der Waals surface area contributed by atoms with E-state index in [1.54, 1.807) is 0 Å². The van der Waals surface area contributed by atoms with Crippen molar-refractivity contribution >= 4 is 0 Å². The van der Waals surface area contributed by atoms with Crippen LogP contribution in [0.3, 0.4) is 0 Å². The molecule has 0 amide bonds. The van der Waals surface area contributed by atoms with Crippen molar-refractivity contribution in [2.45, 2.75) is 32.6 Å². The summed E-state index contributed by atoms with van der Waals surface area (Å²) in [6.07, 6.45) is 14.2. The van der Waals surface area contributed by atoms with E-state index >= 15 is 0 Å². The molecule has 0 nitrogen and oxygen atoms in total. The molecule has 0 saturated heterocycles. The minimum Gasteiger partial charge on any atom is -0.103 e. The summed E-state index contributed by atoms with van der Waals surface area (Å²) in [7, 11) is 0. The Kier molecular flexibility index (Phi) is 9.77. The highest BCUT2D eigenvalue weighted by Crippen LogP contribution is 1.95. The molecule has 70 valence electrons. The van der Waals surface area contributed by atoms with Crippen molar-refractivity contribution < 1.29 is 0 Å². The van der Waals surface area contributed by atoms with Crippen LogP contribution in [0.5, 0.6) is 0 Å². The Morgan fingerprint density at radius 3 is 2.77 bits per heavy atom. The molecule has 0 N–H and O–H groups in total. The number of hydrogen-bond donors (Lipinski definition) is 0. The quantitative estimate of drug-likeness (QED) is 0.257. The lowest BCUT2D eigenvalue weighted by Crippen LogP contribution is -1.69. The molecule has 13 heavy (non-hydrogen) atoms. The van der Waals surface area contributed by atoms with Gasteiger partial charge in [0.15, 0.2) is 0 Å². The molecule has 0 heteroatoms. The molecule has 0 fully saturated rings. The minimum absolute atomic E-state index is 0.814. The maximum absolute atomic E-state index is 3.61. The van der Waals surface area contributed by atoms with Gasteiger partial charge in [-0.15, -0.1) is 12.5 Å². The Labute approximate surface area is 82.0 Å². The van der Waals surface area contributed by atoms with Gasteiger partial charge in [-0.2, -0.15) is 0 Å². The first kappa shape index (κ1) is 11.8. The summed E-state index contributed by atoms with van der Waals surface area (Å²) in [6.45, 7) is 5.63. The molecule has 0 rings (SSSR count). The third kappa shape index (κ3) is 10.8. The van der Waals surface area contributed by atoms with Gasteiger partial charge in [0.2, 0.25) is 0 Å². The molecule has 0 aliphatic heterocycles. The van der Waals surface area contributed by atoms with Gasteiger partial charge in [0, 0.05) is 12.8 Å². The largest absolute Gasteiger partial charge is 0.103 e. The first-order valence-corrected chi connectivity index (χ1v) is 4.76. The molecular weight excluding hydrogens is 156 g/mol. The van der Waals surface area contributed by atoms with Crippen LogP contribution in [0.2, 0.25) is 0 Å². The van der Waals surface area contributed by atoms with Crippen LogP contribution in [0.4, 0.5) is 0 Å². The van der Waals surface area contributed by atoms with Crippen molar-refractivity contribution in [1.82, 2.24) is 0 Å². The average molecular weight is 174 g/mol. The van der Waals surface area contributed by atoms with Crippen LogP contribution >= 0.6 is 0 Å². The second kappa shape index (κ2) is 10.8. The lowest BCUT2D eigenvalue weighted by Gasteiger charge is -1.86. The summed E-state index contributed by atoms with van der Waals surface area (Å²) < 4.78 is 0. The SMILES string of the molecule is C=CCC#CCCC/C=C/C=C/C. The lowest BCUT2D eigenvalue weighted by atomic mass is 10.2. The summed E-state index contributed by atoms with van der Waals surface area (Å²) in [4.78, 5) is 0. The molecule has 0 unspecified atom stereocenters. The molecule has 0 aromatic rings. The van der Waals surface area contributed by atoms with Gasteiger partial charge in [0.25, 0.3) is 0 Å². The number of rotatable bonds is 5. The van der Waals surface area contributed by atoms with Crippen LogP contribution < -0.4 is 0 Å². The maximum atomic E-state index is 3.61. The van der Waals surface area contributed by atoms with Crippen LogP contribution in [0, 0.1) is 11.8 Å². The maximum Gasteiger partial charge on any atom is 0.0267 e. The lowest BCUT2D eigenvalue weighted by molar-refractivity contribution is 0.884. The van der Waals surface area contributed by atoms with E-state index in [4.69, 9.17) is 0 Å². The third-order valence-electron chi connectivity index (χ3n) is 1.48. The van der Waals surface area contributed by atoms with Gasteiger partial charge in [-0.05, 0) is 19.8 Å². The van der Waals surface area contributed by atoms with E-state index in [1.165, 1.54) is 0 Å². The predicted molar refractivity (Wildman–Crippen MR) is 60.4 cm³/mol. The molecule has 0 aliphatic rings. The fraction of sp³-hybridized carbons (Fsp3) is 0.385. The first-order chi connectivity index (χ1) is 6.41. The topological polar surface area (TPSA) is 0 Å². The Morgan fingerprint density at radius 2 is 2.08 bits per heavy atom. The second-order valence-electron chi connectivity index (χ2n) is 2.69. The van der Waals surface area contributed by atoms with E-state index in [2.05, 4.69) is 30.6 Å². The first-order valence-electron chi connectivity index (χ1n) is 4.76. The molecule has 0 atom stereocenters. The normalized spacial score (nSPS) is 10.2. The van der Waals surface area contributed by atoms with Gasteiger partial charge in [0.05, 0.1) is 0 Å². The summed E-state index contributed by atoms with van der Waals surface area (Å²) in [5.41, 5.74) is 0. The standard InChI is InChI=1S/C13H18/c1-3-5-7-9-11-13-12-10-8-6-4-2/h3-4,6,8,10H,1,5,11-13H2,2H3/b6-4+,10-8+. The highest BCUT2D eigenvalue weighted by atomic mass is 13.8. The van der Waals surface area contributed by atoms with Crippen molar-refractivity contribution in [2.24, 2.45) is 0 Å². The minimum atomic E-state index is 0.814. The van der Waals surface area contributed by atoms with Gasteiger partial charge in [-0.1, -0.05) is 36.3 Å². The van der Waals surface area contributed by atoms with E-state index in [0.717, 1.165) is 25.7 Å². The number of allylic oxidation sites excluding steroid dienone is 5. The monoisotopic (exact) mass is 174 g/mol. The predicted octanol–water partition coefficient (Wildman–Crippen LogP) is 3.87. The van der Waals surface area contributed by atoms with Crippen LogP contribution in [0.25, 0.3) is 0 Å². The van der Waals surface area contributed by atoms with E-state index in [9.17, 15) is 0 Å². The molecule has 0 aromatic carbocycles. The average Bonchev–Trinajstić information content (AvgIpc) is 2.16. The Hall–Kier alpha value is -1.22. The molecule has 0 spiro atoms. The van der Waals surface area contributed by atoms with Gasteiger partial charge in [-0.25, -0.2) is 0 Å². The summed E-state index contributed by atoms with van der Waals surface area (Å²) >= 11 is 0. The number of unbranched alkanes of at least 4 members (excludes halogenated alkanes) is 2. The Morgan fingerprint density at radius 1 is 1.23 bits per heavy atom. The van der Waals surface area contributed by atoms with Gasteiger partial charge in [0.1, 0.15) is 0 Å². The van der Waals surface area contributed by atoms with E-state index < -0.39 is 0 Å². The summed E-state index contributed by atoms with van der Waals surface area (Å²) in [6, 6.07) is 0. The van der Waals surface area contributed by atoms with Crippen LogP contribution in [0.1, 0.15) is 32.6 Å². The van der Waals surface area contributed by atoms with E-state index in [1.807, 2.05) is 25.2 Å².